The molecule has 1 aromatic heterocycles. The summed E-state index contributed by atoms with van der Waals surface area (Å²) in [5.41, 5.74) is 4.86. The third-order valence-corrected chi connectivity index (χ3v) is 4.48. The Balaban J connectivity index is 2.05. The second-order valence-corrected chi connectivity index (χ2v) is 6.21. The highest BCUT2D eigenvalue weighted by Crippen LogP contribution is 2.32. The van der Waals surface area contributed by atoms with Gasteiger partial charge in [-0.3, -0.25) is 9.78 Å². The van der Waals surface area contributed by atoms with Crippen molar-refractivity contribution in [2.75, 3.05) is 7.05 Å². The van der Waals surface area contributed by atoms with Gasteiger partial charge in [0.1, 0.15) is 5.78 Å². The molecule has 124 valence electrons. The number of fused-ring (bicyclic) bond motifs is 1. The van der Waals surface area contributed by atoms with Gasteiger partial charge in [-0.25, -0.2) is 4.79 Å². The third kappa shape index (κ3) is 3.08. The van der Waals surface area contributed by atoms with Crippen LogP contribution in [0.4, 0.5) is 0 Å². The fourth-order valence-electron chi connectivity index (χ4n) is 3.30. The molecule has 0 aliphatic heterocycles. The molecular formula is C19H20N2O3. The normalized spacial score (nSPS) is 14.5. The minimum atomic E-state index is -0.961. The van der Waals surface area contributed by atoms with Crippen molar-refractivity contribution >= 4 is 11.8 Å². The lowest BCUT2D eigenvalue weighted by molar-refractivity contribution is -0.117. The number of hydrogen-bond acceptors (Lipinski definition) is 4. The minimum absolute atomic E-state index is 0.0687. The number of nitrogens with zero attached hydrogens (tertiary/aromatic N) is 1. The van der Waals surface area contributed by atoms with Crippen LogP contribution in [0.1, 0.15) is 51.3 Å². The standard InChI is InChI=1S/C19H20N2O3/c1-11(16-5-3-4-12-7-15(22)9-17(12)16)18-8-13(19(23)24)6-14(21-18)10-20-2/h3-6,8,11,20H,7,9-10H2,1-2H3,(H,23,24). The predicted octanol–water partition coefficient (Wildman–Crippen LogP) is 2.32. The number of benzene rings is 1. The van der Waals surface area contributed by atoms with Gasteiger partial charge in [-0.15, -0.1) is 0 Å². The molecule has 5 nitrogen and oxygen atoms in total. The molecule has 0 bridgehead atoms. The molecular weight excluding hydrogens is 304 g/mol. The zero-order valence-corrected chi connectivity index (χ0v) is 13.8. The van der Waals surface area contributed by atoms with E-state index in [4.69, 9.17) is 0 Å². The summed E-state index contributed by atoms with van der Waals surface area (Å²) in [6.45, 7) is 2.52. The van der Waals surface area contributed by atoms with E-state index in [2.05, 4.69) is 10.3 Å². The van der Waals surface area contributed by atoms with Crippen molar-refractivity contribution in [1.29, 1.82) is 0 Å². The van der Waals surface area contributed by atoms with Gasteiger partial charge in [0.05, 0.1) is 11.3 Å². The summed E-state index contributed by atoms with van der Waals surface area (Å²) in [7, 11) is 1.80. The van der Waals surface area contributed by atoms with Crippen molar-refractivity contribution in [3.05, 3.63) is 64.0 Å². The van der Waals surface area contributed by atoms with Crippen LogP contribution in [0.3, 0.4) is 0 Å². The van der Waals surface area contributed by atoms with Crippen molar-refractivity contribution in [3.8, 4) is 0 Å². The lowest BCUT2D eigenvalue weighted by Crippen LogP contribution is -2.12. The van der Waals surface area contributed by atoms with Crippen LogP contribution in [0, 0.1) is 0 Å². The van der Waals surface area contributed by atoms with Crippen LogP contribution in [0.25, 0.3) is 0 Å². The van der Waals surface area contributed by atoms with Crippen LogP contribution in [0.15, 0.2) is 30.3 Å². The Labute approximate surface area is 140 Å². The molecule has 5 heteroatoms. The number of aromatic nitrogens is 1. The summed E-state index contributed by atoms with van der Waals surface area (Å²) in [6.07, 6.45) is 0.946. The number of hydrogen-bond donors (Lipinski definition) is 2. The molecule has 24 heavy (non-hydrogen) atoms. The molecule has 0 saturated heterocycles. The van der Waals surface area contributed by atoms with Gasteiger partial charge in [-0.2, -0.15) is 0 Å². The average molecular weight is 324 g/mol. The predicted molar refractivity (Wildman–Crippen MR) is 90.3 cm³/mol. The zero-order valence-electron chi connectivity index (χ0n) is 13.8. The number of aromatic carboxylic acids is 1. The summed E-state index contributed by atoms with van der Waals surface area (Å²) in [5.74, 6) is -0.801. The summed E-state index contributed by atoms with van der Waals surface area (Å²) in [5, 5.41) is 12.4. The lowest BCUT2D eigenvalue weighted by atomic mass is 9.90. The number of nitrogens with one attached hydrogen (secondary N) is 1. The largest absolute Gasteiger partial charge is 0.478 e. The molecule has 1 aliphatic rings. The van der Waals surface area contributed by atoms with Crippen LogP contribution in [0.5, 0.6) is 0 Å². The highest BCUT2D eigenvalue weighted by molar-refractivity contribution is 5.89. The van der Waals surface area contributed by atoms with Gasteiger partial charge in [0, 0.05) is 31.0 Å². The van der Waals surface area contributed by atoms with Gasteiger partial charge in [0.15, 0.2) is 0 Å². The van der Waals surface area contributed by atoms with E-state index in [0.29, 0.717) is 30.8 Å². The van der Waals surface area contributed by atoms with E-state index in [-0.39, 0.29) is 17.3 Å². The average Bonchev–Trinajstić information content (AvgIpc) is 2.94. The Morgan fingerprint density at radius 2 is 2.12 bits per heavy atom. The topological polar surface area (TPSA) is 79.3 Å². The maximum atomic E-state index is 11.8. The van der Waals surface area contributed by atoms with Gasteiger partial charge in [0.2, 0.25) is 0 Å². The molecule has 2 aromatic rings. The molecule has 0 amide bonds. The van der Waals surface area contributed by atoms with Crippen molar-refractivity contribution < 1.29 is 14.7 Å². The highest BCUT2D eigenvalue weighted by atomic mass is 16.4. The monoisotopic (exact) mass is 324 g/mol. The number of carbonyl (C=O) groups excluding carboxylic acids is 1. The van der Waals surface area contributed by atoms with Gasteiger partial charge in [0.25, 0.3) is 0 Å². The maximum absolute atomic E-state index is 11.8. The number of rotatable bonds is 5. The van der Waals surface area contributed by atoms with Crippen LogP contribution in [0.2, 0.25) is 0 Å². The summed E-state index contributed by atoms with van der Waals surface area (Å²) in [4.78, 5) is 27.8. The number of Topliss-reactive ketones (excluding diaryl/α,β-unsaturated/α-hetero) is 1. The molecule has 1 heterocycles. The molecule has 3 rings (SSSR count). The second-order valence-electron chi connectivity index (χ2n) is 6.21. The first-order valence-corrected chi connectivity index (χ1v) is 8.00. The first-order valence-electron chi connectivity index (χ1n) is 8.00. The van der Waals surface area contributed by atoms with E-state index >= 15 is 0 Å². The van der Waals surface area contributed by atoms with E-state index in [1.807, 2.05) is 25.1 Å². The Morgan fingerprint density at radius 1 is 1.33 bits per heavy atom. The molecule has 1 aromatic carbocycles. The van der Waals surface area contributed by atoms with Crippen LogP contribution in [-0.4, -0.2) is 28.9 Å². The van der Waals surface area contributed by atoms with Gasteiger partial charge >= 0.3 is 5.97 Å². The molecule has 0 spiro atoms. The highest BCUT2D eigenvalue weighted by Gasteiger charge is 2.24. The number of ketones is 1. The molecule has 1 atom stereocenters. The lowest BCUT2D eigenvalue weighted by Gasteiger charge is -2.17. The Bertz CT molecular complexity index is 814. The molecule has 0 fully saturated rings. The summed E-state index contributed by atoms with van der Waals surface area (Å²) < 4.78 is 0. The number of carbonyl (C=O) groups is 2. The Hall–Kier alpha value is -2.53. The van der Waals surface area contributed by atoms with E-state index in [1.165, 1.54) is 0 Å². The first-order chi connectivity index (χ1) is 11.5. The fraction of sp³-hybridized carbons (Fsp3) is 0.316. The summed E-state index contributed by atoms with van der Waals surface area (Å²) in [6, 6.07) is 9.17. The van der Waals surface area contributed by atoms with Crippen LogP contribution >= 0.6 is 0 Å². The van der Waals surface area contributed by atoms with E-state index in [9.17, 15) is 14.7 Å². The zero-order chi connectivity index (χ0) is 17.3. The van der Waals surface area contributed by atoms with E-state index in [0.717, 1.165) is 16.7 Å². The molecule has 2 N–H and O–H groups in total. The number of pyridine rings is 1. The second kappa shape index (κ2) is 6.53. The minimum Gasteiger partial charge on any atom is -0.478 e. The third-order valence-electron chi connectivity index (χ3n) is 4.48. The quantitative estimate of drug-likeness (QED) is 0.882. The van der Waals surface area contributed by atoms with Crippen molar-refractivity contribution in [2.24, 2.45) is 0 Å². The molecule has 1 unspecified atom stereocenters. The number of carboxylic acid groups (broad SMARTS) is 1. The molecule has 0 radical (unpaired) electrons. The van der Waals surface area contributed by atoms with E-state index in [1.54, 1.807) is 19.2 Å². The van der Waals surface area contributed by atoms with Gasteiger partial charge < -0.3 is 10.4 Å². The SMILES string of the molecule is CNCc1cc(C(=O)O)cc(C(C)c2cccc3c2CC(=O)C3)n1. The van der Waals surface area contributed by atoms with Crippen LogP contribution in [-0.2, 0) is 24.2 Å². The smallest absolute Gasteiger partial charge is 0.335 e. The molecule has 1 aliphatic carbocycles. The first kappa shape index (κ1) is 16.3. The Kier molecular flexibility index (Phi) is 4.44. The fourth-order valence-corrected chi connectivity index (χ4v) is 3.30. The number of carboxylic acids is 1. The van der Waals surface area contributed by atoms with Crippen molar-refractivity contribution in [2.45, 2.75) is 32.2 Å². The maximum Gasteiger partial charge on any atom is 0.335 e. The van der Waals surface area contributed by atoms with E-state index < -0.39 is 5.97 Å². The van der Waals surface area contributed by atoms with Gasteiger partial charge in [-0.1, -0.05) is 25.1 Å². The van der Waals surface area contributed by atoms with Crippen molar-refractivity contribution in [1.82, 2.24) is 10.3 Å². The Morgan fingerprint density at radius 3 is 2.83 bits per heavy atom. The van der Waals surface area contributed by atoms with Crippen molar-refractivity contribution in [3.63, 3.8) is 0 Å². The van der Waals surface area contributed by atoms with Gasteiger partial charge in [-0.05, 0) is 35.9 Å². The van der Waals surface area contributed by atoms with Crippen LogP contribution < -0.4 is 5.32 Å². The molecule has 0 saturated carbocycles. The summed E-state index contributed by atoms with van der Waals surface area (Å²) >= 11 is 0.